The standard InChI is InChI=1S/C31H32N2O2/c1-19(2)15-21-11-12-25-27(13-14-34-20(21)3)35-30-28(25)29(32-18-33-30)23-16-22-9-7-8-10-24(22)26(17-23)31(4,5)6/h7-14,16-19H,15H2,1-6H3. The molecular formula is C31H32N2O2. The summed E-state index contributed by atoms with van der Waals surface area (Å²) >= 11 is 0. The van der Waals surface area contributed by atoms with E-state index in [4.69, 9.17) is 13.8 Å². The van der Waals surface area contributed by atoms with Gasteiger partial charge in [-0.1, -0.05) is 65.0 Å². The van der Waals surface area contributed by atoms with Crippen LogP contribution >= 0.6 is 0 Å². The van der Waals surface area contributed by atoms with Crippen molar-refractivity contribution in [1.82, 2.24) is 9.97 Å². The molecule has 5 aromatic rings. The zero-order valence-electron chi connectivity index (χ0n) is 21.3. The second kappa shape index (κ2) is 8.84. The van der Waals surface area contributed by atoms with Crippen LogP contribution in [-0.4, -0.2) is 9.97 Å². The van der Waals surface area contributed by atoms with Crippen LogP contribution in [0.2, 0.25) is 0 Å². The molecule has 0 amide bonds. The number of furan rings is 1. The molecule has 0 bridgehead atoms. The molecule has 5 rings (SSSR count). The molecule has 0 saturated heterocycles. The maximum atomic E-state index is 6.19. The van der Waals surface area contributed by atoms with Crippen LogP contribution in [0, 0.1) is 12.8 Å². The highest BCUT2D eigenvalue weighted by molar-refractivity contribution is 6.10. The van der Waals surface area contributed by atoms with Crippen molar-refractivity contribution in [3.05, 3.63) is 84.1 Å². The molecule has 0 unspecified atom stereocenters. The normalized spacial score (nSPS) is 12.1. The Balaban J connectivity index is 1.85. The Morgan fingerprint density at radius 1 is 0.914 bits per heavy atom. The van der Waals surface area contributed by atoms with Gasteiger partial charge < -0.3 is 8.83 Å². The molecule has 4 heteroatoms. The van der Waals surface area contributed by atoms with E-state index in [0.29, 0.717) is 17.2 Å². The first kappa shape index (κ1) is 23.1. The maximum Gasteiger partial charge on any atom is 0.230 e. The number of nitrogens with zero attached hydrogens (tertiary/aromatic N) is 2. The van der Waals surface area contributed by atoms with Crippen molar-refractivity contribution >= 4 is 32.8 Å². The van der Waals surface area contributed by atoms with Crippen molar-refractivity contribution in [3.63, 3.8) is 0 Å². The molecule has 0 aliphatic heterocycles. The minimum Gasteiger partial charge on any atom is -0.469 e. The van der Waals surface area contributed by atoms with Crippen molar-refractivity contribution in [2.45, 2.75) is 53.4 Å². The SMILES string of the molecule is Cc1occc2oc3ncnc(-c4cc(C(C)(C)C)c5ccccc5c4)c3c2ccc1CC(C)C. The van der Waals surface area contributed by atoms with E-state index in [2.05, 4.69) is 88.1 Å². The van der Waals surface area contributed by atoms with Gasteiger partial charge in [0.25, 0.3) is 0 Å². The smallest absolute Gasteiger partial charge is 0.230 e. The molecule has 0 fully saturated rings. The zero-order valence-corrected chi connectivity index (χ0v) is 21.3. The van der Waals surface area contributed by atoms with Crippen LogP contribution in [0.15, 0.2) is 76.0 Å². The van der Waals surface area contributed by atoms with E-state index in [1.807, 2.05) is 13.0 Å². The molecule has 3 heterocycles. The molecule has 0 N–H and O–H groups in total. The lowest BCUT2D eigenvalue weighted by atomic mass is 9.82. The molecule has 35 heavy (non-hydrogen) atoms. The van der Waals surface area contributed by atoms with Gasteiger partial charge in [-0.15, -0.1) is 0 Å². The van der Waals surface area contributed by atoms with Gasteiger partial charge in [-0.05, 0) is 64.8 Å². The highest BCUT2D eigenvalue weighted by Crippen LogP contribution is 2.38. The van der Waals surface area contributed by atoms with Crippen molar-refractivity contribution in [2.24, 2.45) is 5.92 Å². The largest absolute Gasteiger partial charge is 0.469 e. The van der Waals surface area contributed by atoms with Crippen molar-refractivity contribution in [1.29, 1.82) is 0 Å². The molecule has 178 valence electrons. The van der Waals surface area contributed by atoms with E-state index in [0.717, 1.165) is 34.2 Å². The van der Waals surface area contributed by atoms with Crippen LogP contribution in [0.1, 0.15) is 51.5 Å². The molecule has 0 aliphatic carbocycles. The summed E-state index contributed by atoms with van der Waals surface area (Å²) in [5.41, 5.74) is 5.68. The highest BCUT2D eigenvalue weighted by atomic mass is 16.3. The Labute approximate surface area is 206 Å². The van der Waals surface area contributed by atoms with Gasteiger partial charge in [-0.3, -0.25) is 0 Å². The van der Waals surface area contributed by atoms with Crippen LogP contribution in [0.3, 0.4) is 0 Å². The molecule has 0 saturated carbocycles. The third-order valence-corrected chi connectivity index (χ3v) is 6.49. The van der Waals surface area contributed by atoms with Crippen LogP contribution in [0.5, 0.6) is 0 Å². The minimum atomic E-state index is -0.0149. The fraction of sp³-hybridized carbons (Fsp3) is 0.290. The predicted molar refractivity (Wildman–Crippen MR) is 144 cm³/mol. The van der Waals surface area contributed by atoms with E-state index in [1.54, 1.807) is 12.6 Å². The van der Waals surface area contributed by atoms with Gasteiger partial charge in [0.2, 0.25) is 5.71 Å². The summed E-state index contributed by atoms with van der Waals surface area (Å²) in [5.74, 6) is 1.42. The lowest BCUT2D eigenvalue weighted by molar-refractivity contribution is 0.504. The summed E-state index contributed by atoms with van der Waals surface area (Å²) in [5, 5.41) is 4.36. The van der Waals surface area contributed by atoms with Crippen LogP contribution < -0.4 is 0 Å². The van der Waals surface area contributed by atoms with E-state index >= 15 is 0 Å². The van der Waals surface area contributed by atoms with E-state index < -0.39 is 0 Å². The summed E-state index contributed by atoms with van der Waals surface area (Å²) in [6.45, 7) is 13.2. The molecule has 2 aromatic carbocycles. The van der Waals surface area contributed by atoms with Gasteiger partial charge in [0.15, 0.2) is 0 Å². The molecular weight excluding hydrogens is 432 g/mol. The van der Waals surface area contributed by atoms with Gasteiger partial charge >= 0.3 is 0 Å². The Hall–Kier alpha value is -3.66. The van der Waals surface area contributed by atoms with Crippen molar-refractivity contribution < 1.29 is 8.83 Å². The zero-order chi connectivity index (χ0) is 24.7. The maximum absolute atomic E-state index is 6.19. The molecule has 0 radical (unpaired) electrons. The lowest BCUT2D eigenvalue weighted by Crippen LogP contribution is -2.12. The van der Waals surface area contributed by atoms with Gasteiger partial charge in [-0.25, -0.2) is 9.97 Å². The highest BCUT2D eigenvalue weighted by Gasteiger charge is 2.21. The molecule has 0 atom stereocenters. The van der Waals surface area contributed by atoms with Gasteiger partial charge in [-0.2, -0.15) is 0 Å². The summed E-state index contributed by atoms with van der Waals surface area (Å²) < 4.78 is 12.1. The molecule has 4 nitrogen and oxygen atoms in total. The summed E-state index contributed by atoms with van der Waals surface area (Å²) in [6, 6.07) is 19.2. The quantitative estimate of drug-likeness (QED) is 0.268. The monoisotopic (exact) mass is 464 g/mol. The fourth-order valence-corrected chi connectivity index (χ4v) is 4.77. The number of benzene rings is 2. The third-order valence-electron chi connectivity index (χ3n) is 6.49. The molecule has 0 aliphatic rings. The van der Waals surface area contributed by atoms with Gasteiger partial charge in [0.05, 0.1) is 17.3 Å². The van der Waals surface area contributed by atoms with E-state index in [1.165, 1.54) is 21.9 Å². The summed E-state index contributed by atoms with van der Waals surface area (Å²) in [7, 11) is 0. The van der Waals surface area contributed by atoms with Crippen LogP contribution in [-0.2, 0) is 11.8 Å². The van der Waals surface area contributed by atoms with Crippen LogP contribution in [0.4, 0.5) is 0 Å². The second-order valence-electron chi connectivity index (χ2n) is 10.7. The number of hydrogen-bond donors (Lipinski definition) is 0. The Kier molecular flexibility index (Phi) is 5.84. The average molecular weight is 465 g/mol. The summed E-state index contributed by atoms with van der Waals surface area (Å²) in [4.78, 5) is 9.25. The molecule has 0 spiro atoms. The first-order chi connectivity index (χ1) is 16.7. The molecule has 3 aromatic heterocycles. The third kappa shape index (κ3) is 4.41. The lowest BCUT2D eigenvalue weighted by Gasteiger charge is -2.22. The second-order valence-corrected chi connectivity index (χ2v) is 10.7. The van der Waals surface area contributed by atoms with Crippen LogP contribution in [0.25, 0.3) is 44.1 Å². The number of hydrogen-bond acceptors (Lipinski definition) is 4. The summed E-state index contributed by atoms with van der Waals surface area (Å²) in [6.07, 6.45) is 4.22. The van der Waals surface area contributed by atoms with Crippen molar-refractivity contribution in [3.8, 4) is 11.3 Å². The average Bonchev–Trinajstić information content (AvgIpc) is 3.19. The van der Waals surface area contributed by atoms with Crippen molar-refractivity contribution in [2.75, 3.05) is 0 Å². The first-order valence-electron chi connectivity index (χ1n) is 12.2. The number of rotatable bonds is 3. The minimum absolute atomic E-state index is 0.0149. The van der Waals surface area contributed by atoms with Gasteiger partial charge in [0, 0.05) is 17.0 Å². The number of aromatic nitrogens is 2. The Morgan fingerprint density at radius 3 is 2.49 bits per heavy atom. The predicted octanol–water partition coefficient (Wildman–Crippen LogP) is 8.72. The van der Waals surface area contributed by atoms with Gasteiger partial charge in [0.1, 0.15) is 17.7 Å². The first-order valence-corrected chi connectivity index (χ1v) is 12.2. The topological polar surface area (TPSA) is 52.1 Å². The Morgan fingerprint density at radius 2 is 1.71 bits per heavy atom. The number of fused-ring (bicyclic) bond motifs is 4. The fourth-order valence-electron chi connectivity index (χ4n) is 4.77. The Bertz CT molecular complexity index is 1600. The van der Waals surface area contributed by atoms with E-state index in [9.17, 15) is 0 Å². The number of aryl methyl sites for hydroxylation is 1. The van der Waals surface area contributed by atoms with E-state index in [-0.39, 0.29) is 5.41 Å².